The average Bonchev–Trinajstić information content (AvgIpc) is 2.42. The van der Waals surface area contributed by atoms with E-state index < -0.39 is 0 Å². The second-order valence-electron chi connectivity index (χ2n) is 4.14. The third-order valence-electron chi connectivity index (χ3n) is 2.38. The maximum Gasteiger partial charge on any atom is 0.322 e. The first-order chi connectivity index (χ1) is 9.30. The smallest absolute Gasteiger partial charge is 0.322 e. The number of nitrogens with zero attached hydrogens (tertiary/aromatic N) is 3. The number of nitrogens with one attached hydrogen (secondary N) is 1. The maximum absolute atomic E-state index is 5.38. The molecule has 1 N–H and O–H groups in total. The van der Waals surface area contributed by atoms with E-state index in [2.05, 4.69) is 34.1 Å². The molecule has 0 bridgehead atoms. The van der Waals surface area contributed by atoms with Crippen LogP contribution in [-0.2, 0) is 0 Å². The molecule has 1 rings (SSSR count). The van der Waals surface area contributed by atoms with Gasteiger partial charge in [-0.2, -0.15) is 15.0 Å². The Morgan fingerprint density at radius 1 is 1.05 bits per heavy atom. The summed E-state index contributed by atoms with van der Waals surface area (Å²) in [7, 11) is 0. The number of rotatable bonds is 10. The van der Waals surface area contributed by atoms with Gasteiger partial charge in [0, 0.05) is 12.3 Å². The second kappa shape index (κ2) is 9.83. The first kappa shape index (κ1) is 16.0. The maximum atomic E-state index is 5.38. The van der Waals surface area contributed by atoms with Crippen molar-refractivity contribution in [3.8, 4) is 6.01 Å². The van der Waals surface area contributed by atoms with E-state index >= 15 is 0 Å². The molecule has 5 nitrogen and oxygen atoms in total. The van der Waals surface area contributed by atoms with E-state index in [1.165, 1.54) is 19.3 Å². The molecule has 1 aromatic heterocycles. The summed E-state index contributed by atoms with van der Waals surface area (Å²) in [6, 6.07) is 0.411. The Kier molecular flexibility index (Phi) is 8.29. The van der Waals surface area contributed by atoms with E-state index in [4.69, 9.17) is 4.74 Å². The molecule has 0 aromatic carbocycles. The van der Waals surface area contributed by atoms with Gasteiger partial charge in [0.2, 0.25) is 5.95 Å². The minimum atomic E-state index is 0.411. The summed E-state index contributed by atoms with van der Waals surface area (Å²) in [4.78, 5) is 12.9. The van der Waals surface area contributed by atoms with Crippen molar-refractivity contribution >= 4 is 17.7 Å². The third-order valence-corrected chi connectivity index (χ3v) is 3.31. The van der Waals surface area contributed by atoms with Gasteiger partial charge in [-0.3, -0.25) is 0 Å². The Balaban J connectivity index is 2.63. The van der Waals surface area contributed by atoms with E-state index in [0.29, 0.717) is 18.6 Å². The molecular formula is C13H24N4OS. The minimum absolute atomic E-state index is 0.411. The topological polar surface area (TPSA) is 59.9 Å². The molecule has 1 heterocycles. The Morgan fingerprint density at radius 3 is 2.58 bits per heavy atom. The molecule has 0 unspecified atom stereocenters. The van der Waals surface area contributed by atoms with Crippen LogP contribution in [0.25, 0.3) is 0 Å². The minimum Gasteiger partial charge on any atom is -0.464 e. The number of anilines is 1. The molecule has 0 fully saturated rings. The van der Waals surface area contributed by atoms with Crippen molar-refractivity contribution in [1.29, 1.82) is 0 Å². The van der Waals surface area contributed by atoms with Crippen LogP contribution in [0, 0.1) is 0 Å². The molecule has 0 aliphatic rings. The molecule has 0 aliphatic heterocycles. The van der Waals surface area contributed by atoms with Gasteiger partial charge in [0.25, 0.3) is 0 Å². The highest BCUT2D eigenvalue weighted by atomic mass is 32.2. The van der Waals surface area contributed by atoms with Gasteiger partial charge in [-0.25, -0.2) is 0 Å². The average molecular weight is 284 g/mol. The Labute approximate surface area is 120 Å². The van der Waals surface area contributed by atoms with Crippen LogP contribution < -0.4 is 10.1 Å². The van der Waals surface area contributed by atoms with Gasteiger partial charge < -0.3 is 10.1 Å². The van der Waals surface area contributed by atoms with E-state index in [-0.39, 0.29) is 0 Å². The third kappa shape index (κ3) is 6.61. The zero-order valence-corrected chi connectivity index (χ0v) is 12.9. The first-order valence-corrected chi connectivity index (χ1v) is 8.04. The molecule has 6 heteroatoms. The first-order valence-electron chi connectivity index (χ1n) is 7.05. The van der Waals surface area contributed by atoms with Crippen LogP contribution in [-0.4, -0.2) is 33.9 Å². The largest absolute Gasteiger partial charge is 0.464 e. The summed E-state index contributed by atoms with van der Waals surface area (Å²) in [6.07, 6.45) is 4.70. The highest BCUT2D eigenvalue weighted by Crippen LogP contribution is 2.19. The number of aromatic nitrogens is 3. The lowest BCUT2D eigenvalue weighted by atomic mass is 10.3. The number of ether oxygens (including phenoxy) is 1. The number of hydrogen-bond donors (Lipinski definition) is 1. The Morgan fingerprint density at radius 2 is 1.89 bits per heavy atom. The Hall–Kier alpha value is -1.04. The quantitative estimate of drug-likeness (QED) is 0.525. The summed E-state index contributed by atoms with van der Waals surface area (Å²) in [6.45, 7) is 7.66. The summed E-state index contributed by atoms with van der Waals surface area (Å²) in [5, 5.41) is 3.92. The van der Waals surface area contributed by atoms with Crippen LogP contribution in [0.5, 0.6) is 6.01 Å². The predicted octanol–water partition coefficient (Wildman–Crippen LogP) is 3.37. The lowest BCUT2D eigenvalue weighted by Crippen LogP contribution is -2.08. The van der Waals surface area contributed by atoms with Gasteiger partial charge in [-0.15, -0.1) is 0 Å². The van der Waals surface area contributed by atoms with Gasteiger partial charge in [0.05, 0.1) is 6.61 Å². The molecule has 0 radical (unpaired) electrons. The van der Waals surface area contributed by atoms with Crippen molar-refractivity contribution in [2.24, 2.45) is 0 Å². The van der Waals surface area contributed by atoms with Crippen LogP contribution in [0.4, 0.5) is 5.95 Å². The fourth-order valence-electron chi connectivity index (χ4n) is 1.43. The SMILES string of the molecule is CCCCCSc1nc(NCCC)nc(OCC)n1. The molecular weight excluding hydrogens is 260 g/mol. The van der Waals surface area contributed by atoms with Crippen molar-refractivity contribution in [3.63, 3.8) is 0 Å². The van der Waals surface area contributed by atoms with E-state index in [1.54, 1.807) is 11.8 Å². The van der Waals surface area contributed by atoms with Gasteiger partial charge >= 0.3 is 6.01 Å². The lowest BCUT2D eigenvalue weighted by Gasteiger charge is -2.08. The van der Waals surface area contributed by atoms with Crippen molar-refractivity contribution in [3.05, 3.63) is 0 Å². The Bertz CT molecular complexity index is 362. The molecule has 0 amide bonds. The molecule has 0 saturated carbocycles. The van der Waals surface area contributed by atoms with Gasteiger partial charge in [-0.1, -0.05) is 38.5 Å². The molecule has 0 atom stereocenters. The molecule has 108 valence electrons. The van der Waals surface area contributed by atoms with E-state index in [9.17, 15) is 0 Å². The van der Waals surface area contributed by atoms with Crippen molar-refractivity contribution in [2.75, 3.05) is 24.2 Å². The summed E-state index contributed by atoms with van der Waals surface area (Å²) in [5.74, 6) is 1.65. The normalized spacial score (nSPS) is 10.5. The zero-order valence-electron chi connectivity index (χ0n) is 12.1. The van der Waals surface area contributed by atoms with Gasteiger partial charge in [0.1, 0.15) is 0 Å². The van der Waals surface area contributed by atoms with Crippen LogP contribution in [0.1, 0.15) is 46.5 Å². The summed E-state index contributed by atoms with van der Waals surface area (Å²) < 4.78 is 5.38. The van der Waals surface area contributed by atoms with Crippen LogP contribution in [0.2, 0.25) is 0 Å². The zero-order chi connectivity index (χ0) is 13.9. The molecule has 0 saturated heterocycles. The molecule has 0 aliphatic carbocycles. The summed E-state index contributed by atoms with van der Waals surface area (Å²) in [5.41, 5.74) is 0. The summed E-state index contributed by atoms with van der Waals surface area (Å²) >= 11 is 1.67. The van der Waals surface area contributed by atoms with Crippen LogP contribution >= 0.6 is 11.8 Å². The van der Waals surface area contributed by atoms with Crippen LogP contribution in [0.3, 0.4) is 0 Å². The second-order valence-corrected chi connectivity index (χ2v) is 5.20. The van der Waals surface area contributed by atoms with Crippen molar-refractivity contribution in [1.82, 2.24) is 15.0 Å². The van der Waals surface area contributed by atoms with E-state index in [0.717, 1.165) is 23.9 Å². The molecule has 1 aromatic rings. The predicted molar refractivity (Wildman–Crippen MR) is 80.0 cm³/mol. The number of thioether (sulfide) groups is 1. The highest BCUT2D eigenvalue weighted by molar-refractivity contribution is 7.99. The van der Waals surface area contributed by atoms with Gasteiger partial charge in [-0.05, 0) is 19.8 Å². The van der Waals surface area contributed by atoms with E-state index in [1.807, 2.05) is 6.92 Å². The fourth-order valence-corrected chi connectivity index (χ4v) is 2.25. The van der Waals surface area contributed by atoms with Gasteiger partial charge in [0.15, 0.2) is 5.16 Å². The molecule has 19 heavy (non-hydrogen) atoms. The fraction of sp³-hybridized carbons (Fsp3) is 0.769. The van der Waals surface area contributed by atoms with Crippen molar-refractivity contribution < 1.29 is 4.74 Å². The number of unbranched alkanes of at least 4 members (excludes halogenated alkanes) is 2. The monoisotopic (exact) mass is 284 g/mol. The highest BCUT2D eigenvalue weighted by Gasteiger charge is 2.07. The number of hydrogen-bond acceptors (Lipinski definition) is 6. The molecule has 0 spiro atoms. The van der Waals surface area contributed by atoms with Crippen LogP contribution in [0.15, 0.2) is 5.16 Å². The standard InChI is InChI=1S/C13H24N4OS/c1-4-7-8-10-19-13-16-11(14-9-5-2)15-12(17-13)18-6-3/h4-10H2,1-3H3,(H,14,15,16,17). The van der Waals surface area contributed by atoms with Crippen molar-refractivity contribution in [2.45, 2.75) is 51.6 Å². The lowest BCUT2D eigenvalue weighted by molar-refractivity contribution is 0.308.